The summed E-state index contributed by atoms with van der Waals surface area (Å²) in [6.07, 6.45) is 3.38. The van der Waals surface area contributed by atoms with E-state index in [0.717, 1.165) is 25.7 Å². The second kappa shape index (κ2) is 13.6. The molecule has 1 saturated carbocycles. The third-order valence-corrected chi connectivity index (χ3v) is 7.82. The van der Waals surface area contributed by atoms with E-state index in [9.17, 15) is 28.8 Å². The summed E-state index contributed by atoms with van der Waals surface area (Å²) in [6.45, 7) is 2.18. The zero-order valence-corrected chi connectivity index (χ0v) is 22.7. The maximum atomic E-state index is 12.8. The van der Waals surface area contributed by atoms with Crippen LogP contribution in [-0.2, 0) is 38.3 Å². The molecule has 2 saturated heterocycles. The van der Waals surface area contributed by atoms with Crippen LogP contribution in [0.1, 0.15) is 51.9 Å². The van der Waals surface area contributed by atoms with Gasteiger partial charge >= 0.3 is 18.0 Å². The Bertz CT molecular complexity index is 1050. The van der Waals surface area contributed by atoms with Crippen molar-refractivity contribution >= 4 is 35.8 Å². The molecule has 2 heterocycles. The van der Waals surface area contributed by atoms with Crippen molar-refractivity contribution in [2.24, 2.45) is 17.8 Å². The van der Waals surface area contributed by atoms with Crippen LogP contribution in [0.2, 0.25) is 0 Å². The molecule has 3 fully saturated rings. The quantitative estimate of drug-likeness (QED) is 0.223. The average molecular weight is 561 g/mol. The van der Waals surface area contributed by atoms with Gasteiger partial charge in [-0.25, -0.2) is 9.59 Å². The van der Waals surface area contributed by atoms with Gasteiger partial charge in [-0.1, -0.05) is 0 Å². The number of hydrogen-bond donors (Lipinski definition) is 1. The van der Waals surface area contributed by atoms with E-state index in [2.05, 4.69) is 17.2 Å². The number of carbonyl (C=O) groups excluding carboxylic acids is 6. The number of piperazine rings is 1. The van der Waals surface area contributed by atoms with Crippen LogP contribution in [-0.4, -0.2) is 103 Å². The number of carbonyl (C=O) groups is 6. The van der Waals surface area contributed by atoms with Crippen molar-refractivity contribution in [3.8, 4) is 11.8 Å². The molecular weight excluding hydrogens is 524 g/mol. The normalized spacial score (nSPS) is 26.0. The lowest BCUT2D eigenvalue weighted by atomic mass is 10.1. The Kier molecular flexibility index (Phi) is 9.98. The molecule has 1 unspecified atom stereocenters. The first-order valence-corrected chi connectivity index (χ1v) is 13.8. The molecule has 218 valence electrons. The van der Waals surface area contributed by atoms with Gasteiger partial charge in [0.15, 0.2) is 0 Å². The van der Waals surface area contributed by atoms with Gasteiger partial charge < -0.3 is 24.5 Å². The molecule has 1 N–H and O–H groups in total. The van der Waals surface area contributed by atoms with Crippen LogP contribution in [0.25, 0.3) is 0 Å². The van der Waals surface area contributed by atoms with Crippen molar-refractivity contribution in [2.45, 2.75) is 57.9 Å². The number of rotatable bonds is 10. The first kappa shape index (κ1) is 29.3. The number of alkyl carbamates (subject to hydrolysis) is 1. The van der Waals surface area contributed by atoms with Crippen LogP contribution in [0.3, 0.4) is 0 Å². The van der Waals surface area contributed by atoms with Gasteiger partial charge in [-0.3, -0.25) is 24.1 Å². The monoisotopic (exact) mass is 560 g/mol. The highest BCUT2D eigenvalue weighted by atomic mass is 16.7. The molecule has 0 radical (unpaired) electrons. The summed E-state index contributed by atoms with van der Waals surface area (Å²) in [6, 6.07) is -0.502. The number of esters is 1. The van der Waals surface area contributed by atoms with Gasteiger partial charge in [-0.2, -0.15) is 0 Å². The van der Waals surface area contributed by atoms with Crippen molar-refractivity contribution in [1.82, 2.24) is 20.2 Å². The largest absolute Gasteiger partial charge is 0.464 e. The molecule has 4 rings (SSSR count). The van der Waals surface area contributed by atoms with Gasteiger partial charge in [0, 0.05) is 65.2 Å². The molecule has 0 bridgehead atoms. The minimum atomic E-state index is -0.802. The van der Waals surface area contributed by atoms with E-state index in [4.69, 9.17) is 14.3 Å². The van der Waals surface area contributed by atoms with Gasteiger partial charge in [-0.15, -0.1) is 16.9 Å². The Balaban J connectivity index is 1.18. The zero-order valence-electron chi connectivity index (χ0n) is 22.7. The van der Waals surface area contributed by atoms with Gasteiger partial charge in [0.1, 0.15) is 6.61 Å². The number of nitrogens with one attached hydrogen (secondary N) is 1. The smallest absolute Gasteiger partial charge is 0.407 e. The molecule has 13 nitrogen and oxygen atoms in total. The van der Waals surface area contributed by atoms with Crippen LogP contribution in [0.5, 0.6) is 0 Å². The molecule has 2 aliphatic carbocycles. The first-order chi connectivity index (χ1) is 19.2. The van der Waals surface area contributed by atoms with E-state index >= 15 is 0 Å². The van der Waals surface area contributed by atoms with E-state index in [1.54, 1.807) is 9.80 Å². The topological polar surface area (TPSA) is 152 Å². The Morgan fingerprint density at radius 1 is 0.950 bits per heavy atom. The molecule has 0 aromatic rings. The molecule has 40 heavy (non-hydrogen) atoms. The third-order valence-electron chi connectivity index (χ3n) is 7.82. The summed E-state index contributed by atoms with van der Waals surface area (Å²) >= 11 is 0. The van der Waals surface area contributed by atoms with Gasteiger partial charge in [-0.05, 0) is 30.6 Å². The number of amides is 4. The minimum absolute atomic E-state index is 0.00810. The highest BCUT2D eigenvalue weighted by Crippen LogP contribution is 2.52. The average Bonchev–Trinajstić information content (AvgIpc) is 3.45. The number of imide groups is 1. The summed E-state index contributed by atoms with van der Waals surface area (Å²) in [5.74, 6) is 5.20. The number of nitrogens with zero attached hydrogens (tertiary/aromatic N) is 3. The Labute approximate surface area is 232 Å². The van der Waals surface area contributed by atoms with Crippen molar-refractivity contribution in [2.75, 3.05) is 45.9 Å². The molecule has 13 heteroatoms. The second-order valence-electron chi connectivity index (χ2n) is 10.5. The van der Waals surface area contributed by atoms with Gasteiger partial charge in [0.05, 0.1) is 19.2 Å². The molecular formula is C27H36N4O9. The summed E-state index contributed by atoms with van der Waals surface area (Å²) in [4.78, 5) is 80.4. The predicted molar refractivity (Wildman–Crippen MR) is 136 cm³/mol. The van der Waals surface area contributed by atoms with E-state index in [0.29, 0.717) is 36.0 Å². The van der Waals surface area contributed by atoms with Crippen LogP contribution < -0.4 is 5.32 Å². The van der Waals surface area contributed by atoms with Crippen molar-refractivity contribution in [3.63, 3.8) is 0 Å². The number of fused-ring (bicyclic) bond motifs is 1. The fourth-order valence-corrected chi connectivity index (χ4v) is 5.59. The fraction of sp³-hybridized carbons (Fsp3) is 0.704. The molecule has 0 aromatic heterocycles. The summed E-state index contributed by atoms with van der Waals surface area (Å²) in [5, 5.41) is 3.12. The standard InChI is InChI=1S/C27H36N4O9/c1-18(32)38-16-19-14-30(13-12-29(19)15-26(36)40-31-24(34)8-9-25(31)35)23(33)10-11-28-27(37)39-17-22-20-6-4-2-3-5-7-21(20)22/h19-22H,4-17H2,1H3,(H,28,37)/t19?,20-,21+,22-. The zero-order chi connectivity index (χ0) is 28.6. The van der Waals surface area contributed by atoms with Crippen LogP contribution in [0, 0.1) is 29.6 Å². The SMILES string of the molecule is CC(=O)OCC1CN(C(=O)CCNC(=O)OC[C@@H]2[C@@H]3CCC#CCC[C@@H]32)CCN1CC(=O)ON1C(=O)CCC1=O. The van der Waals surface area contributed by atoms with Crippen molar-refractivity contribution < 1.29 is 43.1 Å². The first-order valence-electron chi connectivity index (χ1n) is 13.8. The predicted octanol–water partition coefficient (Wildman–Crippen LogP) is 0.225. The molecule has 4 amide bonds. The Hall–Kier alpha value is -3.66. The van der Waals surface area contributed by atoms with Crippen molar-refractivity contribution in [3.05, 3.63) is 0 Å². The number of hydrogen-bond acceptors (Lipinski definition) is 10. The third kappa shape index (κ3) is 7.94. The van der Waals surface area contributed by atoms with Crippen LogP contribution in [0.4, 0.5) is 4.79 Å². The van der Waals surface area contributed by atoms with Crippen LogP contribution >= 0.6 is 0 Å². The summed E-state index contributed by atoms with van der Waals surface area (Å²) in [7, 11) is 0. The van der Waals surface area contributed by atoms with Gasteiger partial charge in [0.2, 0.25) is 5.91 Å². The Morgan fingerprint density at radius 2 is 1.62 bits per heavy atom. The lowest BCUT2D eigenvalue weighted by Crippen LogP contribution is -2.58. The summed E-state index contributed by atoms with van der Waals surface area (Å²) < 4.78 is 10.5. The Morgan fingerprint density at radius 3 is 2.27 bits per heavy atom. The molecule has 4 atom stereocenters. The van der Waals surface area contributed by atoms with E-state index in [1.165, 1.54) is 6.92 Å². The maximum Gasteiger partial charge on any atom is 0.407 e. The highest BCUT2D eigenvalue weighted by molar-refractivity contribution is 6.01. The van der Waals surface area contributed by atoms with Gasteiger partial charge in [0.25, 0.3) is 11.8 Å². The van der Waals surface area contributed by atoms with Crippen molar-refractivity contribution in [1.29, 1.82) is 0 Å². The van der Waals surface area contributed by atoms with E-state index < -0.39 is 35.9 Å². The second-order valence-corrected chi connectivity index (χ2v) is 10.5. The lowest BCUT2D eigenvalue weighted by Gasteiger charge is -2.40. The fourth-order valence-electron chi connectivity index (χ4n) is 5.59. The lowest BCUT2D eigenvalue weighted by molar-refractivity contribution is -0.199. The number of ether oxygens (including phenoxy) is 2. The summed E-state index contributed by atoms with van der Waals surface area (Å²) in [5.41, 5.74) is 0. The van der Waals surface area contributed by atoms with E-state index in [-0.39, 0.29) is 58.0 Å². The maximum absolute atomic E-state index is 12.8. The molecule has 0 spiro atoms. The number of hydroxylamine groups is 2. The highest BCUT2D eigenvalue weighted by Gasteiger charge is 2.49. The molecule has 4 aliphatic rings. The molecule has 0 aromatic carbocycles. The molecule has 2 aliphatic heterocycles. The van der Waals surface area contributed by atoms with Crippen LogP contribution in [0.15, 0.2) is 0 Å². The minimum Gasteiger partial charge on any atom is -0.464 e. The van der Waals surface area contributed by atoms with E-state index in [1.807, 2.05) is 0 Å².